The molecule has 0 bridgehead atoms. The maximum absolute atomic E-state index is 12.1. The molecule has 0 atom stereocenters. The maximum atomic E-state index is 12.1. The Morgan fingerprint density at radius 1 is 1.19 bits per heavy atom. The summed E-state index contributed by atoms with van der Waals surface area (Å²) >= 11 is 1.69. The lowest BCUT2D eigenvalue weighted by atomic mass is 10.2. The number of aliphatic imine (C=N–C) groups is 1. The van der Waals surface area contributed by atoms with E-state index < -0.39 is 10.0 Å². The van der Waals surface area contributed by atoms with Gasteiger partial charge in [-0.05, 0) is 24.1 Å². The fourth-order valence-electron chi connectivity index (χ4n) is 2.15. The van der Waals surface area contributed by atoms with Gasteiger partial charge >= 0.3 is 0 Å². The normalized spacial score (nSPS) is 12.0. The zero-order chi connectivity index (χ0) is 19.2. The Morgan fingerprint density at radius 3 is 2.33 bits per heavy atom. The van der Waals surface area contributed by atoms with Crippen LogP contribution in [0.1, 0.15) is 22.4 Å². The number of aromatic nitrogens is 1. The molecule has 1 heterocycles. The number of hydrogen-bond donors (Lipinski definition) is 2. The van der Waals surface area contributed by atoms with Crippen LogP contribution in [-0.4, -0.2) is 44.8 Å². The van der Waals surface area contributed by atoms with E-state index in [2.05, 4.69) is 27.5 Å². The third-order valence-corrected chi connectivity index (χ3v) is 6.71. The van der Waals surface area contributed by atoms with E-state index in [4.69, 9.17) is 0 Å². The SMILES string of the molecule is CCc1cnc(CNC(=NC)NCc2ccc(S(=O)(=O)N(C)C)cc2)s1.I. The molecule has 2 N–H and O–H groups in total. The first-order valence-electron chi connectivity index (χ1n) is 8.26. The molecule has 0 saturated carbocycles. The van der Waals surface area contributed by atoms with Crippen LogP contribution in [0.2, 0.25) is 0 Å². The fourth-order valence-corrected chi connectivity index (χ4v) is 3.85. The van der Waals surface area contributed by atoms with E-state index in [0.29, 0.717) is 19.0 Å². The molecule has 10 heteroatoms. The van der Waals surface area contributed by atoms with Gasteiger partial charge in [-0.2, -0.15) is 0 Å². The van der Waals surface area contributed by atoms with Crippen molar-refractivity contribution in [1.29, 1.82) is 0 Å². The smallest absolute Gasteiger partial charge is 0.242 e. The number of halogens is 1. The predicted octanol–water partition coefficient (Wildman–Crippen LogP) is 2.44. The monoisotopic (exact) mass is 523 g/mol. The molecule has 0 amide bonds. The van der Waals surface area contributed by atoms with Gasteiger partial charge in [-0.15, -0.1) is 35.3 Å². The molecule has 0 radical (unpaired) electrons. The van der Waals surface area contributed by atoms with Crippen molar-refractivity contribution in [1.82, 2.24) is 19.9 Å². The summed E-state index contributed by atoms with van der Waals surface area (Å²) in [6, 6.07) is 6.82. The predicted molar refractivity (Wildman–Crippen MR) is 121 cm³/mol. The third kappa shape index (κ3) is 6.70. The summed E-state index contributed by atoms with van der Waals surface area (Å²) in [5.41, 5.74) is 0.966. The highest BCUT2D eigenvalue weighted by molar-refractivity contribution is 14.0. The molecule has 2 rings (SSSR count). The van der Waals surface area contributed by atoms with Crippen LogP contribution in [-0.2, 0) is 29.5 Å². The van der Waals surface area contributed by atoms with Crippen LogP contribution in [0.3, 0.4) is 0 Å². The number of rotatable bonds is 7. The first-order valence-corrected chi connectivity index (χ1v) is 10.5. The Hall–Kier alpha value is -1.24. The van der Waals surface area contributed by atoms with Crippen LogP contribution in [0.15, 0.2) is 40.4 Å². The summed E-state index contributed by atoms with van der Waals surface area (Å²) in [5.74, 6) is 0.670. The zero-order valence-electron chi connectivity index (χ0n) is 15.9. The van der Waals surface area contributed by atoms with Gasteiger partial charge in [0.05, 0.1) is 11.4 Å². The van der Waals surface area contributed by atoms with Gasteiger partial charge in [0.15, 0.2) is 5.96 Å². The van der Waals surface area contributed by atoms with Crippen molar-refractivity contribution in [3.05, 3.63) is 45.9 Å². The van der Waals surface area contributed by atoms with Gasteiger partial charge in [-0.1, -0.05) is 19.1 Å². The minimum absolute atomic E-state index is 0. The van der Waals surface area contributed by atoms with Crippen LogP contribution in [0, 0.1) is 0 Å². The number of thiazole rings is 1. The standard InChI is InChI=1S/C17H25N5O2S2.HI/c1-5-14-11-19-16(25-14)12-21-17(18-2)20-10-13-6-8-15(9-7-13)26(23,24)22(3)4;/h6-9,11H,5,10,12H2,1-4H3,(H2,18,20,21);1H. The number of aryl methyl sites for hydroxylation is 1. The molecule has 0 aliphatic rings. The topological polar surface area (TPSA) is 86.7 Å². The van der Waals surface area contributed by atoms with Crippen molar-refractivity contribution in [2.75, 3.05) is 21.1 Å². The minimum Gasteiger partial charge on any atom is -0.352 e. The van der Waals surface area contributed by atoms with E-state index in [-0.39, 0.29) is 28.9 Å². The van der Waals surface area contributed by atoms with Crippen molar-refractivity contribution in [2.24, 2.45) is 4.99 Å². The summed E-state index contributed by atoms with van der Waals surface area (Å²) < 4.78 is 25.4. The lowest BCUT2D eigenvalue weighted by Crippen LogP contribution is -2.36. The molecule has 1 aromatic heterocycles. The molecule has 7 nitrogen and oxygen atoms in total. The second-order valence-electron chi connectivity index (χ2n) is 5.78. The molecule has 0 spiro atoms. The summed E-state index contributed by atoms with van der Waals surface area (Å²) in [5, 5.41) is 7.46. The van der Waals surface area contributed by atoms with E-state index in [0.717, 1.165) is 17.0 Å². The third-order valence-electron chi connectivity index (χ3n) is 3.74. The number of hydrogen-bond acceptors (Lipinski definition) is 5. The second-order valence-corrected chi connectivity index (χ2v) is 9.14. The van der Waals surface area contributed by atoms with Gasteiger partial charge in [0.2, 0.25) is 10.0 Å². The fraction of sp³-hybridized carbons (Fsp3) is 0.412. The zero-order valence-corrected chi connectivity index (χ0v) is 19.9. The molecule has 2 aromatic rings. The van der Waals surface area contributed by atoms with Crippen LogP contribution < -0.4 is 10.6 Å². The highest BCUT2D eigenvalue weighted by Gasteiger charge is 2.16. The Bertz CT molecular complexity index is 848. The number of sulfonamides is 1. The summed E-state index contributed by atoms with van der Waals surface area (Å²) in [6.07, 6.45) is 2.89. The lowest BCUT2D eigenvalue weighted by molar-refractivity contribution is 0.520. The Labute approximate surface area is 182 Å². The lowest BCUT2D eigenvalue weighted by Gasteiger charge is -2.13. The molecule has 0 fully saturated rings. The number of nitrogens with one attached hydrogen (secondary N) is 2. The quantitative estimate of drug-likeness (QED) is 0.331. The number of guanidine groups is 1. The minimum atomic E-state index is -3.40. The first kappa shape index (κ1) is 23.8. The highest BCUT2D eigenvalue weighted by Crippen LogP contribution is 2.14. The highest BCUT2D eigenvalue weighted by atomic mass is 127. The Kier molecular flexibility index (Phi) is 9.63. The van der Waals surface area contributed by atoms with E-state index in [1.165, 1.54) is 23.3 Å². The van der Waals surface area contributed by atoms with Crippen molar-refractivity contribution in [2.45, 2.75) is 31.3 Å². The van der Waals surface area contributed by atoms with Crippen molar-refractivity contribution >= 4 is 51.3 Å². The molecule has 0 saturated heterocycles. The molecular weight excluding hydrogens is 497 g/mol. The van der Waals surface area contributed by atoms with E-state index >= 15 is 0 Å². The molecule has 0 aliphatic carbocycles. The largest absolute Gasteiger partial charge is 0.352 e. The molecule has 150 valence electrons. The molecule has 1 aromatic carbocycles. The van der Waals surface area contributed by atoms with Crippen LogP contribution >= 0.6 is 35.3 Å². The van der Waals surface area contributed by atoms with E-state index in [9.17, 15) is 8.42 Å². The molecule has 0 unspecified atom stereocenters. The number of benzene rings is 1. The van der Waals surface area contributed by atoms with Crippen molar-refractivity contribution < 1.29 is 8.42 Å². The van der Waals surface area contributed by atoms with Gasteiger partial charge in [0, 0.05) is 38.8 Å². The van der Waals surface area contributed by atoms with Gasteiger partial charge < -0.3 is 10.6 Å². The summed E-state index contributed by atoms with van der Waals surface area (Å²) in [7, 11) is 1.35. The first-order chi connectivity index (χ1) is 12.4. The van der Waals surface area contributed by atoms with Gasteiger partial charge in [0.25, 0.3) is 0 Å². The second kappa shape index (κ2) is 10.9. The van der Waals surface area contributed by atoms with Gasteiger partial charge in [0.1, 0.15) is 5.01 Å². The van der Waals surface area contributed by atoms with Crippen LogP contribution in [0.5, 0.6) is 0 Å². The summed E-state index contributed by atoms with van der Waals surface area (Å²) in [6.45, 7) is 3.27. The average Bonchev–Trinajstić information content (AvgIpc) is 3.10. The van der Waals surface area contributed by atoms with Crippen molar-refractivity contribution in [3.8, 4) is 0 Å². The molecular formula is C17H26IN5O2S2. The Morgan fingerprint density at radius 2 is 1.81 bits per heavy atom. The maximum Gasteiger partial charge on any atom is 0.242 e. The molecule has 27 heavy (non-hydrogen) atoms. The van der Waals surface area contributed by atoms with Crippen LogP contribution in [0.25, 0.3) is 0 Å². The van der Waals surface area contributed by atoms with Crippen LogP contribution in [0.4, 0.5) is 0 Å². The Balaban J connectivity index is 0.00000364. The summed E-state index contributed by atoms with van der Waals surface area (Å²) in [4.78, 5) is 10.1. The van der Waals surface area contributed by atoms with E-state index in [1.54, 1.807) is 42.6 Å². The average molecular weight is 523 g/mol. The number of nitrogens with zero attached hydrogens (tertiary/aromatic N) is 3. The molecule has 0 aliphatic heterocycles. The van der Waals surface area contributed by atoms with E-state index in [1.807, 2.05) is 6.20 Å². The van der Waals surface area contributed by atoms with Gasteiger partial charge in [-0.25, -0.2) is 17.7 Å². The van der Waals surface area contributed by atoms with Crippen molar-refractivity contribution in [3.63, 3.8) is 0 Å². The van der Waals surface area contributed by atoms with Gasteiger partial charge in [-0.3, -0.25) is 4.99 Å².